The number of aryl methyl sites for hydroxylation is 1. The topological polar surface area (TPSA) is 60.7 Å². The van der Waals surface area contributed by atoms with Crippen molar-refractivity contribution in [2.45, 2.75) is 6.92 Å². The highest BCUT2D eigenvalue weighted by Crippen LogP contribution is 2.38. The van der Waals surface area contributed by atoms with Crippen LogP contribution in [0.5, 0.6) is 11.5 Å². The van der Waals surface area contributed by atoms with Crippen molar-refractivity contribution in [3.8, 4) is 34.0 Å². The molecule has 0 saturated carbocycles. The SMILES string of the molecule is COc1ccc(-c2nc3c4ccccc4nc(Nc4cccc(C)c4)n3c2-c2ccc(OC)cc2)cc1. The molecule has 0 radical (unpaired) electrons. The van der Waals surface area contributed by atoms with Gasteiger partial charge in [0.15, 0.2) is 0 Å². The first-order valence-corrected chi connectivity index (χ1v) is 12.1. The highest BCUT2D eigenvalue weighted by atomic mass is 16.5. The van der Waals surface area contributed by atoms with Crippen molar-refractivity contribution in [3.05, 3.63) is 103 Å². The lowest BCUT2D eigenvalue weighted by atomic mass is 10.0. The Balaban J connectivity index is 1.68. The minimum Gasteiger partial charge on any atom is -0.497 e. The summed E-state index contributed by atoms with van der Waals surface area (Å²) in [4.78, 5) is 10.3. The lowest BCUT2D eigenvalue weighted by molar-refractivity contribution is 0.414. The Kier molecular flexibility index (Phi) is 5.69. The van der Waals surface area contributed by atoms with Crippen LogP contribution in [0.1, 0.15) is 5.56 Å². The predicted octanol–water partition coefficient (Wildman–Crippen LogP) is 7.29. The molecule has 6 nitrogen and oxygen atoms in total. The Bertz CT molecular complexity index is 1720. The van der Waals surface area contributed by atoms with Crippen LogP contribution < -0.4 is 14.8 Å². The highest BCUT2D eigenvalue weighted by Gasteiger charge is 2.21. The summed E-state index contributed by atoms with van der Waals surface area (Å²) in [5, 5.41) is 4.54. The number of rotatable bonds is 6. The lowest BCUT2D eigenvalue weighted by Crippen LogP contribution is -2.04. The number of benzene rings is 4. The number of nitrogens with zero attached hydrogens (tertiary/aromatic N) is 3. The van der Waals surface area contributed by atoms with Gasteiger partial charge in [0.25, 0.3) is 0 Å². The first kappa shape index (κ1) is 22.6. The summed E-state index contributed by atoms with van der Waals surface area (Å²) in [7, 11) is 3.34. The minimum atomic E-state index is 0.692. The average molecular weight is 487 g/mol. The third-order valence-corrected chi connectivity index (χ3v) is 6.46. The summed E-state index contributed by atoms with van der Waals surface area (Å²) in [6.07, 6.45) is 0. The maximum Gasteiger partial charge on any atom is 0.214 e. The van der Waals surface area contributed by atoms with E-state index < -0.39 is 0 Å². The molecule has 182 valence electrons. The Morgan fingerprint density at radius 1 is 0.703 bits per heavy atom. The van der Waals surface area contributed by atoms with Crippen LogP contribution >= 0.6 is 0 Å². The molecule has 0 atom stereocenters. The van der Waals surface area contributed by atoms with Crippen molar-refractivity contribution in [3.63, 3.8) is 0 Å². The zero-order chi connectivity index (χ0) is 25.4. The molecule has 6 rings (SSSR count). The molecule has 0 aliphatic heterocycles. The molecule has 6 heteroatoms. The molecule has 0 aliphatic carbocycles. The van der Waals surface area contributed by atoms with Crippen LogP contribution in [-0.4, -0.2) is 28.6 Å². The zero-order valence-corrected chi connectivity index (χ0v) is 20.9. The molecule has 0 spiro atoms. The number of ether oxygens (including phenoxy) is 2. The summed E-state index contributed by atoms with van der Waals surface area (Å²) >= 11 is 0. The maximum atomic E-state index is 5.42. The number of hydrogen-bond donors (Lipinski definition) is 1. The van der Waals surface area contributed by atoms with Crippen LogP contribution in [0.4, 0.5) is 11.6 Å². The Hall–Kier alpha value is -4.84. The second kappa shape index (κ2) is 9.32. The molecule has 0 saturated heterocycles. The summed E-state index contributed by atoms with van der Waals surface area (Å²) < 4.78 is 12.9. The summed E-state index contributed by atoms with van der Waals surface area (Å²) in [6.45, 7) is 2.08. The minimum absolute atomic E-state index is 0.692. The number of anilines is 2. The number of fused-ring (bicyclic) bond motifs is 3. The summed E-state index contributed by atoms with van der Waals surface area (Å²) in [6, 6.07) is 32.4. The number of imidazole rings is 1. The van der Waals surface area contributed by atoms with Crippen molar-refractivity contribution in [1.29, 1.82) is 0 Å². The molecule has 0 bridgehead atoms. The largest absolute Gasteiger partial charge is 0.497 e. The van der Waals surface area contributed by atoms with Crippen molar-refractivity contribution < 1.29 is 9.47 Å². The number of methoxy groups -OCH3 is 2. The number of para-hydroxylation sites is 1. The van der Waals surface area contributed by atoms with Gasteiger partial charge in [0.05, 0.1) is 31.1 Å². The standard InChI is InChI=1S/C31H26N4O2/c1-20-7-6-8-23(19-20)32-31-33-27-10-5-4-9-26(27)30-34-28(21-11-15-24(36-2)16-12-21)29(35(30)31)22-13-17-25(37-3)18-14-22/h4-19H,1-3H3,(H,32,33). The second-order valence-corrected chi connectivity index (χ2v) is 8.87. The van der Waals surface area contributed by atoms with E-state index in [9.17, 15) is 0 Å². The van der Waals surface area contributed by atoms with E-state index in [2.05, 4.69) is 47.0 Å². The molecule has 2 heterocycles. The van der Waals surface area contributed by atoms with Gasteiger partial charge in [-0.05, 0) is 85.3 Å². The molecule has 37 heavy (non-hydrogen) atoms. The molecule has 0 unspecified atom stereocenters. The van der Waals surface area contributed by atoms with Crippen LogP contribution in [0.3, 0.4) is 0 Å². The van der Waals surface area contributed by atoms with Crippen LogP contribution in [0.25, 0.3) is 39.1 Å². The van der Waals surface area contributed by atoms with Gasteiger partial charge in [-0.1, -0.05) is 24.3 Å². The molecular weight excluding hydrogens is 460 g/mol. The van der Waals surface area contributed by atoms with Gasteiger partial charge in [-0.25, -0.2) is 9.97 Å². The van der Waals surface area contributed by atoms with Gasteiger partial charge in [0, 0.05) is 22.2 Å². The van der Waals surface area contributed by atoms with Crippen LogP contribution in [0.2, 0.25) is 0 Å². The molecule has 0 amide bonds. The van der Waals surface area contributed by atoms with Crippen molar-refractivity contribution in [2.75, 3.05) is 19.5 Å². The molecule has 2 aromatic heterocycles. The highest BCUT2D eigenvalue weighted by molar-refractivity contribution is 5.97. The fraction of sp³-hybridized carbons (Fsp3) is 0.0968. The fourth-order valence-corrected chi connectivity index (χ4v) is 4.63. The van der Waals surface area contributed by atoms with Crippen molar-refractivity contribution in [1.82, 2.24) is 14.4 Å². The van der Waals surface area contributed by atoms with E-state index in [0.717, 1.165) is 56.3 Å². The van der Waals surface area contributed by atoms with Gasteiger partial charge in [-0.3, -0.25) is 4.40 Å². The monoisotopic (exact) mass is 486 g/mol. The number of hydrogen-bond acceptors (Lipinski definition) is 5. The van der Waals surface area contributed by atoms with E-state index >= 15 is 0 Å². The van der Waals surface area contributed by atoms with E-state index in [4.69, 9.17) is 19.4 Å². The Morgan fingerprint density at radius 2 is 1.38 bits per heavy atom. The average Bonchev–Trinajstić information content (AvgIpc) is 3.34. The predicted molar refractivity (Wildman–Crippen MR) is 149 cm³/mol. The third-order valence-electron chi connectivity index (χ3n) is 6.46. The van der Waals surface area contributed by atoms with E-state index in [-0.39, 0.29) is 0 Å². The number of aromatic nitrogens is 3. The molecule has 1 N–H and O–H groups in total. The van der Waals surface area contributed by atoms with Crippen LogP contribution in [0.15, 0.2) is 97.1 Å². The van der Waals surface area contributed by atoms with Gasteiger partial charge >= 0.3 is 0 Å². The third kappa shape index (κ3) is 4.12. The van der Waals surface area contributed by atoms with Crippen molar-refractivity contribution in [2.24, 2.45) is 0 Å². The molecular formula is C31H26N4O2. The second-order valence-electron chi connectivity index (χ2n) is 8.87. The van der Waals surface area contributed by atoms with E-state index in [1.54, 1.807) is 14.2 Å². The fourth-order valence-electron chi connectivity index (χ4n) is 4.63. The molecule has 4 aromatic carbocycles. The summed E-state index contributed by atoms with van der Waals surface area (Å²) in [5.41, 5.74) is 7.63. The molecule has 0 aliphatic rings. The van der Waals surface area contributed by atoms with E-state index in [1.807, 2.05) is 66.7 Å². The first-order chi connectivity index (χ1) is 18.1. The van der Waals surface area contributed by atoms with E-state index in [1.165, 1.54) is 5.56 Å². The molecule has 0 fully saturated rings. The zero-order valence-electron chi connectivity index (χ0n) is 20.9. The van der Waals surface area contributed by atoms with Gasteiger partial charge in [0.2, 0.25) is 5.95 Å². The van der Waals surface area contributed by atoms with E-state index in [0.29, 0.717) is 5.95 Å². The number of nitrogens with one attached hydrogen (secondary N) is 1. The Morgan fingerprint density at radius 3 is 2.05 bits per heavy atom. The van der Waals surface area contributed by atoms with Gasteiger partial charge < -0.3 is 14.8 Å². The van der Waals surface area contributed by atoms with Crippen molar-refractivity contribution >= 4 is 28.2 Å². The molecule has 6 aromatic rings. The maximum absolute atomic E-state index is 5.42. The van der Waals surface area contributed by atoms with Crippen LogP contribution in [0, 0.1) is 6.92 Å². The van der Waals surface area contributed by atoms with Gasteiger partial charge in [-0.15, -0.1) is 0 Å². The normalized spacial score (nSPS) is 11.1. The van der Waals surface area contributed by atoms with Gasteiger partial charge in [0.1, 0.15) is 17.1 Å². The first-order valence-electron chi connectivity index (χ1n) is 12.1. The quantitative estimate of drug-likeness (QED) is 0.268. The van der Waals surface area contributed by atoms with Gasteiger partial charge in [-0.2, -0.15) is 0 Å². The summed E-state index contributed by atoms with van der Waals surface area (Å²) in [5.74, 6) is 2.29. The van der Waals surface area contributed by atoms with Crippen LogP contribution in [-0.2, 0) is 0 Å². The smallest absolute Gasteiger partial charge is 0.214 e. The Labute approximate surface area is 215 Å². The lowest BCUT2D eigenvalue weighted by Gasteiger charge is -2.14.